The Morgan fingerprint density at radius 1 is 0.674 bits per heavy atom. The Kier molecular flexibility index (Phi) is 7.12. The molecule has 8 aromatic rings. The highest BCUT2D eigenvalue weighted by molar-refractivity contribution is 7.18. The molecule has 46 heavy (non-hydrogen) atoms. The monoisotopic (exact) mass is 610 g/mol. The molecule has 8 rings (SSSR count). The lowest BCUT2D eigenvalue weighted by Gasteiger charge is -2.14. The summed E-state index contributed by atoms with van der Waals surface area (Å²) in [5, 5.41) is 13.9. The smallest absolute Gasteiger partial charge is 0.0665 e. The van der Waals surface area contributed by atoms with Gasteiger partial charge >= 0.3 is 0 Å². The molecule has 3 heteroatoms. The van der Waals surface area contributed by atoms with Crippen molar-refractivity contribution in [1.29, 1.82) is 0 Å². The van der Waals surface area contributed by atoms with Gasteiger partial charge in [-0.05, 0) is 71.6 Å². The number of hydrogen-bond acceptors (Lipinski definition) is 2. The summed E-state index contributed by atoms with van der Waals surface area (Å²) in [6.07, 6.45) is 11.3. The SMILES string of the molecule is C\C=C/C=C\C(C)=N/C(=C\CC)c1ccc(-n2c3c4ccccc4c4ccccc4c3c3c4ccsc4c4ccccc4c32)cc1. The highest BCUT2D eigenvalue weighted by Crippen LogP contribution is 2.48. The standard InChI is InChI=1S/C43H34N2S/c1-4-6-7-15-28(3)44-38(14-5-2)29-22-24-30(25-23-29)45-41-34-19-11-9-17-32(34)31-16-8-10-18-33(31)39(41)40-37-26-27-46-43(37)36-21-13-12-20-35(36)42(40)45/h4,6-27H,5H2,1-3H3/b6-4-,15-7-,38-14-,44-28-. The van der Waals surface area contributed by atoms with Gasteiger partial charge in [0.05, 0.1) is 16.7 Å². The lowest BCUT2D eigenvalue weighted by molar-refractivity contribution is 1.19. The van der Waals surface area contributed by atoms with E-state index in [1.807, 2.05) is 36.5 Å². The van der Waals surface area contributed by atoms with Crippen molar-refractivity contribution >= 4 is 87.0 Å². The van der Waals surface area contributed by atoms with Gasteiger partial charge in [-0.15, -0.1) is 11.3 Å². The topological polar surface area (TPSA) is 17.3 Å². The van der Waals surface area contributed by atoms with Gasteiger partial charge in [-0.25, -0.2) is 0 Å². The van der Waals surface area contributed by atoms with E-state index in [-0.39, 0.29) is 0 Å². The van der Waals surface area contributed by atoms with Gasteiger partial charge in [-0.1, -0.05) is 116 Å². The minimum absolute atomic E-state index is 0.918. The zero-order valence-electron chi connectivity index (χ0n) is 26.3. The van der Waals surface area contributed by atoms with Crippen LogP contribution in [0.25, 0.3) is 75.6 Å². The maximum atomic E-state index is 5.00. The number of benzene rings is 6. The predicted octanol–water partition coefficient (Wildman–Crippen LogP) is 12.8. The zero-order chi connectivity index (χ0) is 31.2. The molecule has 0 saturated carbocycles. The number of aliphatic imine (C=N–C) groups is 1. The largest absolute Gasteiger partial charge is 0.308 e. The molecule has 0 spiro atoms. The fourth-order valence-corrected chi connectivity index (χ4v) is 8.01. The van der Waals surface area contributed by atoms with Crippen molar-refractivity contribution < 1.29 is 0 Å². The van der Waals surface area contributed by atoms with Gasteiger partial charge in [0.1, 0.15) is 0 Å². The number of allylic oxidation sites excluding steroid dienone is 5. The fourth-order valence-electron chi connectivity index (χ4n) is 7.06. The molecule has 0 aliphatic carbocycles. The van der Waals surface area contributed by atoms with Crippen LogP contribution in [0.2, 0.25) is 0 Å². The number of nitrogens with zero attached hydrogens (tertiary/aromatic N) is 2. The molecule has 0 bridgehead atoms. The average molecular weight is 611 g/mol. The first-order valence-corrected chi connectivity index (χ1v) is 16.9. The Balaban J connectivity index is 1.49. The summed E-state index contributed by atoms with van der Waals surface area (Å²) in [6, 6.07) is 38.1. The summed E-state index contributed by atoms with van der Waals surface area (Å²) in [4.78, 5) is 5.00. The minimum atomic E-state index is 0.918. The Labute approximate surface area is 272 Å². The minimum Gasteiger partial charge on any atom is -0.308 e. The molecule has 0 N–H and O–H groups in total. The Bertz CT molecular complexity index is 2570. The molecule has 0 unspecified atom stereocenters. The van der Waals surface area contributed by atoms with Crippen molar-refractivity contribution in [2.75, 3.05) is 0 Å². The van der Waals surface area contributed by atoms with Crippen LogP contribution in [0.3, 0.4) is 0 Å². The second-order valence-electron chi connectivity index (χ2n) is 11.8. The summed E-state index contributed by atoms with van der Waals surface area (Å²) < 4.78 is 3.88. The molecule has 2 nitrogen and oxygen atoms in total. The van der Waals surface area contributed by atoms with Crippen molar-refractivity contribution in [2.45, 2.75) is 27.2 Å². The molecule has 2 heterocycles. The molecule has 0 aliphatic rings. The molecule has 0 saturated heterocycles. The van der Waals surface area contributed by atoms with Crippen LogP contribution in [0.5, 0.6) is 0 Å². The molecule has 6 aromatic carbocycles. The van der Waals surface area contributed by atoms with Crippen LogP contribution in [-0.2, 0) is 0 Å². The van der Waals surface area contributed by atoms with Crippen LogP contribution in [0.15, 0.2) is 144 Å². The summed E-state index contributed by atoms with van der Waals surface area (Å²) in [5.41, 5.74) is 6.76. The summed E-state index contributed by atoms with van der Waals surface area (Å²) >= 11 is 1.84. The fraction of sp³-hybridized carbons (Fsp3) is 0.0930. The summed E-state index contributed by atoms with van der Waals surface area (Å²) in [6.45, 7) is 6.25. The van der Waals surface area contributed by atoms with E-state index in [9.17, 15) is 0 Å². The van der Waals surface area contributed by atoms with Crippen molar-refractivity contribution in [3.63, 3.8) is 0 Å². The summed E-state index contributed by atoms with van der Waals surface area (Å²) in [5.74, 6) is 0. The third kappa shape index (κ3) is 4.42. The first-order chi connectivity index (χ1) is 22.7. The van der Waals surface area contributed by atoms with Gasteiger partial charge in [0.15, 0.2) is 0 Å². The molecule has 0 fully saturated rings. The maximum absolute atomic E-state index is 5.00. The predicted molar refractivity (Wildman–Crippen MR) is 204 cm³/mol. The normalized spacial score (nSPS) is 13.3. The van der Waals surface area contributed by atoms with Gasteiger partial charge in [0.25, 0.3) is 0 Å². The van der Waals surface area contributed by atoms with Gasteiger partial charge in [0.2, 0.25) is 0 Å². The highest BCUT2D eigenvalue weighted by Gasteiger charge is 2.23. The zero-order valence-corrected chi connectivity index (χ0v) is 27.1. The Hall–Kier alpha value is -5.25. The average Bonchev–Trinajstić information content (AvgIpc) is 3.73. The van der Waals surface area contributed by atoms with E-state index in [0.29, 0.717) is 0 Å². The van der Waals surface area contributed by atoms with E-state index in [2.05, 4.69) is 139 Å². The molecule has 0 amide bonds. The quantitative estimate of drug-likeness (QED) is 0.101. The van der Waals surface area contributed by atoms with Gasteiger partial charge in [0, 0.05) is 48.4 Å². The lowest BCUT2D eigenvalue weighted by atomic mass is 9.95. The van der Waals surface area contributed by atoms with Crippen molar-refractivity contribution in [3.05, 3.63) is 144 Å². The molecule has 2 aromatic heterocycles. The first kappa shape index (κ1) is 28.2. The number of aromatic nitrogens is 1. The second kappa shape index (κ2) is 11.6. The van der Waals surface area contributed by atoms with Crippen LogP contribution < -0.4 is 0 Å². The summed E-state index contributed by atoms with van der Waals surface area (Å²) in [7, 11) is 0. The molecule has 222 valence electrons. The van der Waals surface area contributed by atoms with E-state index >= 15 is 0 Å². The third-order valence-electron chi connectivity index (χ3n) is 8.96. The maximum Gasteiger partial charge on any atom is 0.0665 e. The van der Waals surface area contributed by atoms with Gasteiger partial charge in [-0.3, -0.25) is 4.99 Å². The van der Waals surface area contributed by atoms with Crippen LogP contribution in [0.1, 0.15) is 32.8 Å². The van der Waals surface area contributed by atoms with Crippen molar-refractivity contribution in [3.8, 4) is 5.69 Å². The molecular weight excluding hydrogens is 577 g/mol. The first-order valence-electron chi connectivity index (χ1n) is 16.0. The van der Waals surface area contributed by atoms with Crippen LogP contribution in [0.4, 0.5) is 0 Å². The number of thiophene rings is 1. The van der Waals surface area contributed by atoms with E-state index in [0.717, 1.165) is 29.1 Å². The molecule has 0 radical (unpaired) electrons. The van der Waals surface area contributed by atoms with Crippen LogP contribution >= 0.6 is 11.3 Å². The van der Waals surface area contributed by atoms with Gasteiger partial charge < -0.3 is 4.57 Å². The molecule has 0 aliphatic heterocycles. The van der Waals surface area contributed by atoms with Crippen LogP contribution in [0, 0.1) is 0 Å². The third-order valence-corrected chi connectivity index (χ3v) is 9.91. The van der Waals surface area contributed by atoms with Gasteiger partial charge in [-0.2, -0.15) is 0 Å². The molecule has 0 atom stereocenters. The van der Waals surface area contributed by atoms with Crippen molar-refractivity contribution in [2.24, 2.45) is 4.99 Å². The lowest BCUT2D eigenvalue weighted by Crippen LogP contribution is -1.96. The number of hydrogen-bond donors (Lipinski definition) is 0. The van der Waals surface area contributed by atoms with Crippen LogP contribution in [-0.4, -0.2) is 10.3 Å². The second-order valence-corrected chi connectivity index (χ2v) is 12.7. The van der Waals surface area contributed by atoms with E-state index in [1.165, 1.54) is 64.2 Å². The molecular formula is C43H34N2S. The van der Waals surface area contributed by atoms with E-state index in [1.54, 1.807) is 0 Å². The van der Waals surface area contributed by atoms with Crippen molar-refractivity contribution in [1.82, 2.24) is 4.57 Å². The van der Waals surface area contributed by atoms with E-state index in [4.69, 9.17) is 4.99 Å². The highest BCUT2D eigenvalue weighted by atomic mass is 32.1. The Morgan fingerprint density at radius 3 is 1.93 bits per heavy atom. The van der Waals surface area contributed by atoms with E-state index < -0.39 is 0 Å². The Morgan fingerprint density at radius 2 is 1.26 bits per heavy atom. The number of rotatable bonds is 6. The number of fused-ring (bicyclic) bond motifs is 13.